The summed E-state index contributed by atoms with van der Waals surface area (Å²) < 4.78 is 5.33. The summed E-state index contributed by atoms with van der Waals surface area (Å²) in [6.45, 7) is 2.41. The lowest BCUT2D eigenvalue weighted by molar-refractivity contribution is 0.217. The summed E-state index contributed by atoms with van der Waals surface area (Å²) in [5.74, 6) is 3.86. The van der Waals surface area contributed by atoms with Gasteiger partial charge in [-0.25, -0.2) is 0 Å². The number of methoxy groups -OCH3 is 1. The quantitative estimate of drug-likeness (QED) is 0.756. The first kappa shape index (κ1) is 12.1. The summed E-state index contributed by atoms with van der Waals surface area (Å²) in [7, 11) is 1.76. The summed E-state index contributed by atoms with van der Waals surface area (Å²) >= 11 is 0. The smallest absolute Gasteiger partial charge is 0.119 e. The average molecular weight is 244 g/mol. The van der Waals surface area contributed by atoms with Crippen LogP contribution < -0.4 is 4.74 Å². The second kappa shape index (κ2) is 4.95. The van der Waals surface area contributed by atoms with Crippen LogP contribution in [0.5, 0.6) is 5.75 Å². The molecule has 1 fully saturated rings. The van der Waals surface area contributed by atoms with E-state index < -0.39 is 0 Å². The van der Waals surface area contributed by atoms with E-state index in [0.29, 0.717) is 0 Å². The summed E-state index contributed by atoms with van der Waals surface area (Å²) in [5, 5.41) is 0. The molecule has 0 N–H and O–H groups in total. The van der Waals surface area contributed by atoms with Gasteiger partial charge in [-0.3, -0.25) is 0 Å². The summed E-state index contributed by atoms with van der Waals surface area (Å²) in [6.07, 6.45) is 8.39. The van der Waals surface area contributed by atoms with E-state index >= 15 is 0 Å². The summed E-state index contributed by atoms with van der Waals surface area (Å²) in [6, 6.07) is 6.64. The van der Waals surface area contributed by atoms with Gasteiger partial charge >= 0.3 is 0 Å². The van der Waals surface area contributed by atoms with Crippen LogP contribution >= 0.6 is 0 Å². The Morgan fingerprint density at radius 2 is 1.67 bits per heavy atom. The van der Waals surface area contributed by atoms with Gasteiger partial charge in [-0.2, -0.15) is 0 Å². The lowest BCUT2D eigenvalue weighted by Gasteiger charge is -2.30. The fourth-order valence-corrected chi connectivity index (χ4v) is 3.85. The van der Waals surface area contributed by atoms with Crippen molar-refractivity contribution in [3.05, 3.63) is 29.3 Å². The monoisotopic (exact) mass is 244 g/mol. The van der Waals surface area contributed by atoms with E-state index in [1.807, 2.05) is 0 Å². The first-order chi connectivity index (χ1) is 8.76. The van der Waals surface area contributed by atoms with Crippen LogP contribution in [0.2, 0.25) is 0 Å². The van der Waals surface area contributed by atoms with Crippen molar-refractivity contribution < 1.29 is 4.74 Å². The third kappa shape index (κ3) is 2.28. The molecule has 1 unspecified atom stereocenters. The number of hydrogen-bond acceptors (Lipinski definition) is 1. The number of ether oxygens (including phenoxy) is 1. The average Bonchev–Trinajstić information content (AvgIpc) is 2.82. The van der Waals surface area contributed by atoms with Crippen molar-refractivity contribution in [3.8, 4) is 5.75 Å². The molecule has 1 saturated carbocycles. The molecule has 1 heteroatoms. The minimum Gasteiger partial charge on any atom is -0.497 e. The van der Waals surface area contributed by atoms with Crippen LogP contribution in [0.1, 0.15) is 43.7 Å². The third-order valence-corrected chi connectivity index (χ3v) is 5.10. The van der Waals surface area contributed by atoms with Crippen molar-refractivity contribution in [2.75, 3.05) is 7.11 Å². The lowest BCUT2D eigenvalue weighted by atomic mass is 9.75. The Kier molecular flexibility index (Phi) is 3.32. The molecule has 0 saturated heterocycles. The molecule has 0 aromatic heterocycles. The number of fused-ring (bicyclic) bond motifs is 1. The fourth-order valence-electron chi connectivity index (χ4n) is 3.85. The maximum absolute atomic E-state index is 5.33. The highest BCUT2D eigenvalue weighted by Gasteiger charge is 2.30. The molecule has 0 spiro atoms. The van der Waals surface area contributed by atoms with Gasteiger partial charge in [0, 0.05) is 0 Å². The van der Waals surface area contributed by atoms with E-state index in [4.69, 9.17) is 4.74 Å². The van der Waals surface area contributed by atoms with Gasteiger partial charge < -0.3 is 4.74 Å². The van der Waals surface area contributed by atoms with Crippen LogP contribution in [0, 0.1) is 17.8 Å². The second-order valence-corrected chi connectivity index (χ2v) is 6.32. The van der Waals surface area contributed by atoms with Crippen molar-refractivity contribution in [1.29, 1.82) is 0 Å². The van der Waals surface area contributed by atoms with Gasteiger partial charge in [0.1, 0.15) is 5.75 Å². The second-order valence-electron chi connectivity index (χ2n) is 6.32. The highest BCUT2D eigenvalue weighted by molar-refractivity contribution is 5.39. The van der Waals surface area contributed by atoms with Crippen LogP contribution in [-0.4, -0.2) is 7.11 Å². The Morgan fingerprint density at radius 3 is 2.39 bits per heavy atom. The maximum atomic E-state index is 5.33. The zero-order valence-corrected chi connectivity index (χ0v) is 11.6. The molecule has 2 aliphatic rings. The van der Waals surface area contributed by atoms with Crippen molar-refractivity contribution in [1.82, 2.24) is 0 Å². The highest BCUT2D eigenvalue weighted by atomic mass is 16.5. The first-order valence-electron chi connectivity index (χ1n) is 7.42. The molecule has 1 nitrogen and oxygen atoms in total. The molecule has 18 heavy (non-hydrogen) atoms. The van der Waals surface area contributed by atoms with E-state index in [9.17, 15) is 0 Å². The molecule has 0 bridgehead atoms. The largest absolute Gasteiger partial charge is 0.497 e. The number of benzene rings is 1. The van der Waals surface area contributed by atoms with Gasteiger partial charge in [0.05, 0.1) is 7.11 Å². The molecule has 0 heterocycles. The molecule has 1 aromatic rings. The Balaban J connectivity index is 1.69. The van der Waals surface area contributed by atoms with E-state index in [1.165, 1.54) is 44.1 Å². The van der Waals surface area contributed by atoms with Gasteiger partial charge in [-0.15, -0.1) is 0 Å². The normalized spacial score (nSPS) is 31.1. The Labute approximate surface area is 111 Å². The predicted molar refractivity (Wildman–Crippen MR) is 75.0 cm³/mol. The molecular weight excluding hydrogens is 220 g/mol. The molecule has 0 aliphatic heterocycles. The van der Waals surface area contributed by atoms with Gasteiger partial charge in [-0.05, 0) is 66.7 Å². The topological polar surface area (TPSA) is 9.23 Å². The van der Waals surface area contributed by atoms with Gasteiger partial charge in [-0.1, -0.05) is 25.8 Å². The molecule has 98 valence electrons. The standard InChI is InChI=1S/C17H24O/c1-12-3-5-13(6-4-12)15-9-14-7-8-17(18-2)11-16(14)10-15/h7-8,11-13,15H,3-6,9-10H2,1-2H3. The molecular formula is C17H24O. The lowest BCUT2D eigenvalue weighted by Crippen LogP contribution is -2.21. The first-order valence-corrected chi connectivity index (χ1v) is 7.42. The van der Waals surface area contributed by atoms with E-state index in [1.54, 1.807) is 12.7 Å². The SMILES string of the molecule is COc1ccc2c(c1)CC(C1CCC(C)CC1)C2. The van der Waals surface area contributed by atoms with Crippen molar-refractivity contribution in [2.45, 2.75) is 45.4 Å². The number of rotatable bonds is 2. The molecule has 1 aromatic carbocycles. The van der Waals surface area contributed by atoms with E-state index in [0.717, 1.165) is 23.5 Å². The van der Waals surface area contributed by atoms with E-state index in [2.05, 4.69) is 25.1 Å². The van der Waals surface area contributed by atoms with Crippen LogP contribution in [0.15, 0.2) is 18.2 Å². The highest BCUT2D eigenvalue weighted by Crippen LogP contribution is 2.40. The van der Waals surface area contributed by atoms with Crippen LogP contribution in [0.3, 0.4) is 0 Å². The van der Waals surface area contributed by atoms with Gasteiger partial charge in [0.2, 0.25) is 0 Å². The van der Waals surface area contributed by atoms with Gasteiger partial charge in [0.25, 0.3) is 0 Å². The zero-order valence-electron chi connectivity index (χ0n) is 11.6. The minimum atomic E-state index is 0.902. The zero-order chi connectivity index (χ0) is 12.5. The molecule has 0 radical (unpaired) electrons. The summed E-state index contributed by atoms with van der Waals surface area (Å²) in [5.41, 5.74) is 3.11. The molecule has 0 amide bonds. The molecule has 1 atom stereocenters. The van der Waals surface area contributed by atoms with E-state index in [-0.39, 0.29) is 0 Å². The van der Waals surface area contributed by atoms with Crippen LogP contribution in [0.25, 0.3) is 0 Å². The maximum Gasteiger partial charge on any atom is 0.119 e. The van der Waals surface area contributed by atoms with Crippen LogP contribution in [-0.2, 0) is 12.8 Å². The Morgan fingerprint density at radius 1 is 0.944 bits per heavy atom. The summed E-state index contributed by atoms with van der Waals surface area (Å²) in [4.78, 5) is 0. The van der Waals surface area contributed by atoms with Crippen molar-refractivity contribution in [2.24, 2.45) is 17.8 Å². The van der Waals surface area contributed by atoms with Gasteiger partial charge in [0.15, 0.2) is 0 Å². The predicted octanol–water partition coefficient (Wildman–Crippen LogP) is 4.24. The van der Waals surface area contributed by atoms with Crippen molar-refractivity contribution in [3.63, 3.8) is 0 Å². The van der Waals surface area contributed by atoms with Crippen LogP contribution in [0.4, 0.5) is 0 Å². The third-order valence-electron chi connectivity index (χ3n) is 5.10. The Hall–Kier alpha value is -0.980. The van der Waals surface area contributed by atoms with Crippen molar-refractivity contribution >= 4 is 0 Å². The molecule has 2 aliphatic carbocycles. The molecule has 3 rings (SSSR count). The fraction of sp³-hybridized carbons (Fsp3) is 0.647. The number of hydrogen-bond donors (Lipinski definition) is 0. The minimum absolute atomic E-state index is 0.902. The Bertz CT molecular complexity index is 416.